The number of hydrogen-bond acceptors (Lipinski definition) is 4. The number of rotatable bonds is 9. The Bertz CT molecular complexity index is 1210. The summed E-state index contributed by atoms with van der Waals surface area (Å²) in [5.74, 6) is -0.356. The molecule has 6 nitrogen and oxygen atoms in total. The largest absolute Gasteiger partial charge is 0.350 e. The Morgan fingerprint density at radius 1 is 0.912 bits per heavy atom. The number of nitrogens with one attached hydrogen (secondary N) is 1. The van der Waals surface area contributed by atoms with Crippen molar-refractivity contribution in [3.63, 3.8) is 0 Å². The van der Waals surface area contributed by atoms with Crippen molar-refractivity contribution < 1.29 is 13.2 Å². The molecule has 1 saturated heterocycles. The molecular formula is C27H31N3O3S. The second-order valence-electron chi connectivity index (χ2n) is 8.74. The Morgan fingerprint density at radius 3 is 2.29 bits per heavy atom. The standard InChI is InChI=1S/C27H31N3O3S/c1-22-12-14-25(15-13-22)30(34(32,33)26-10-3-2-4-11-26)21-27(31)28-19-23-8-7-9-24(18-23)20-29-16-5-6-17-29/h2-4,7-15,18H,5-6,16-17,19-21H2,1H3,(H,28,31). The van der Waals surface area contributed by atoms with Gasteiger partial charge in [-0.2, -0.15) is 0 Å². The van der Waals surface area contributed by atoms with Gasteiger partial charge in [-0.25, -0.2) is 8.42 Å². The number of likely N-dealkylation sites (tertiary alicyclic amines) is 1. The van der Waals surface area contributed by atoms with Crippen LogP contribution in [0.1, 0.15) is 29.5 Å². The van der Waals surface area contributed by atoms with Gasteiger partial charge in [0.15, 0.2) is 0 Å². The molecule has 1 heterocycles. The summed E-state index contributed by atoms with van der Waals surface area (Å²) in [6.45, 7) is 5.16. The normalized spacial score (nSPS) is 14.1. The van der Waals surface area contributed by atoms with E-state index in [-0.39, 0.29) is 17.3 Å². The molecule has 1 fully saturated rings. The summed E-state index contributed by atoms with van der Waals surface area (Å²) in [5, 5.41) is 2.90. The first-order chi connectivity index (χ1) is 16.4. The van der Waals surface area contributed by atoms with Crippen molar-refractivity contribution in [3.8, 4) is 0 Å². The maximum Gasteiger partial charge on any atom is 0.264 e. The number of hydrogen-bond donors (Lipinski definition) is 1. The maximum absolute atomic E-state index is 13.4. The highest BCUT2D eigenvalue weighted by Crippen LogP contribution is 2.24. The molecule has 1 aliphatic rings. The fourth-order valence-corrected chi connectivity index (χ4v) is 5.61. The first kappa shape index (κ1) is 24.0. The summed E-state index contributed by atoms with van der Waals surface area (Å²) in [5.41, 5.74) is 3.69. The van der Waals surface area contributed by atoms with Crippen LogP contribution in [0.2, 0.25) is 0 Å². The molecule has 7 heteroatoms. The van der Waals surface area contributed by atoms with E-state index in [1.807, 2.05) is 31.2 Å². The van der Waals surface area contributed by atoms with Gasteiger partial charge in [-0.15, -0.1) is 0 Å². The molecule has 178 valence electrons. The topological polar surface area (TPSA) is 69.7 Å². The van der Waals surface area contributed by atoms with Crippen molar-refractivity contribution in [1.29, 1.82) is 0 Å². The van der Waals surface area contributed by atoms with E-state index in [0.29, 0.717) is 12.2 Å². The molecule has 0 unspecified atom stereocenters. The second kappa shape index (κ2) is 10.8. The lowest BCUT2D eigenvalue weighted by molar-refractivity contribution is -0.119. The summed E-state index contributed by atoms with van der Waals surface area (Å²) >= 11 is 0. The minimum absolute atomic E-state index is 0.151. The maximum atomic E-state index is 13.4. The minimum Gasteiger partial charge on any atom is -0.350 e. The Hall–Kier alpha value is -3.16. The lowest BCUT2D eigenvalue weighted by atomic mass is 10.1. The van der Waals surface area contributed by atoms with E-state index in [0.717, 1.165) is 30.8 Å². The minimum atomic E-state index is -3.90. The van der Waals surface area contributed by atoms with Gasteiger partial charge in [-0.3, -0.25) is 14.0 Å². The third-order valence-electron chi connectivity index (χ3n) is 6.03. The fourth-order valence-electron chi connectivity index (χ4n) is 4.17. The van der Waals surface area contributed by atoms with Gasteiger partial charge in [0, 0.05) is 13.1 Å². The summed E-state index contributed by atoms with van der Waals surface area (Å²) in [7, 11) is -3.90. The van der Waals surface area contributed by atoms with Crippen LogP contribution in [-0.2, 0) is 27.9 Å². The molecule has 1 amide bonds. The van der Waals surface area contributed by atoms with Crippen LogP contribution in [0, 0.1) is 6.92 Å². The molecule has 0 spiro atoms. The molecule has 1 aliphatic heterocycles. The van der Waals surface area contributed by atoms with Crippen LogP contribution in [0.3, 0.4) is 0 Å². The van der Waals surface area contributed by atoms with Crippen molar-refractivity contribution in [2.45, 2.75) is 37.8 Å². The van der Waals surface area contributed by atoms with E-state index in [4.69, 9.17) is 0 Å². The zero-order chi connectivity index (χ0) is 24.0. The van der Waals surface area contributed by atoms with Crippen LogP contribution in [0.5, 0.6) is 0 Å². The zero-order valence-corrected chi connectivity index (χ0v) is 20.3. The molecule has 3 aromatic carbocycles. The Labute approximate surface area is 202 Å². The molecule has 1 N–H and O–H groups in total. The number of carbonyl (C=O) groups is 1. The SMILES string of the molecule is Cc1ccc(N(CC(=O)NCc2cccc(CN3CCCC3)c2)S(=O)(=O)c2ccccc2)cc1. The average molecular weight is 478 g/mol. The molecule has 0 bridgehead atoms. The molecule has 0 saturated carbocycles. The number of nitrogens with zero attached hydrogens (tertiary/aromatic N) is 2. The van der Waals surface area contributed by atoms with E-state index in [9.17, 15) is 13.2 Å². The number of aryl methyl sites for hydroxylation is 1. The quantitative estimate of drug-likeness (QED) is 0.504. The first-order valence-electron chi connectivity index (χ1n) is 11.6. The Balaban J connectivity index is 1.46. The summed E-state index contributed by atoms with van der Waals surface area (Å²) < 4.78 is 27.9. The molecule has 0 aliphatic carbocycles. The van der Waals surface area contributed by atoms with Crippen molar-refractivity contribution in [2.75, 3.05) is 23.9 Å². The van der Waals surface area contributed by atoms with Crippen molar-refractivity contribution in [1.82, 2.24) is 10.2 Å². The van der Waals surface area contributed by atoms with Gasteiger partial charge in [-0.05, 0) is 68.2 Å². The monoisotopic (exact) mass is 477 g/mol. The van der Waals surface area contributed by atoms with Crippen molar-refractivity contribution >= 4 is 21.6 Å². The van der Waals surface area contributed by atoms with Gasteiger partial charge in [0.05, 0.1) is 10.6 Å². The molecule has 0 radical (unpaired) electrons. The predicted molar refractivity (Wildman–Crippen MR) is 135 cm³/mol. The second-order valence-corrected chi connectivity index (χ2v) is 10.6. The molecule has 0 aromatic heterocycles. The lowest BCUT2D eigenvalue weighted by Gasteiger charge is -2.24. The third kappa shape index (κ3) is 6.04. The zero-order valence-electron chi connectivity index (χ0n) is 19.5. The highest BCUT2D eigenvalue weighted by Gasteiger charge is 2.27. The lowest BCUT2D eigenvalue weighted by Crippen LogP contribution is -2.40. The number of benzene rings is 3. The molecule has 4 rings (SSSR count). The van der Waals surface area contributed by atoms with E-state index in [2.05, 4.69) is 22.3 Å². The number of carbonyl (C=O) groups excluding carboxylic acids is 1. The summed E-state index contributed by atoms with van der Waals surface area (Å²) in [6.07, 6.45) is 2.50. The average Bonchev–Trinajstić information content (AvgIpc) is 3.36. The van der Waals surface area contributed by atoms with E-state index < -0.39 is 10.0 Å². The van der Waals surface area contributed by atoms with Gasteiger partial charge in [0.2, 0.25) is 5.91 Å². The Morgan fingerprint density at radius 2 is 1.59 bits per heavy atom. The van der Waals surface area contributed by atoms with Crippen LogP contribution < -0.4 is 9.62 Å². The van der Waals surface area contributed by atoms with Crippen LogP contribution >= 0.6 is 0 Å². The van der Waals surface area contributed by atoms with E-state index in [1.54, 1.807) is 42.5 Å². The highest BCUT2D eigenvalue weighted by atomic mass is 32.2. The van der Waals surface area contributed by atoms with Gasteiger partial charge < -0.3 is 5.32 Å². The van der Waals surface area contributed by atoms with Gasteiger partial charge in [0.25, 0.3) is 10.0 Å². The summed E-state index contributed by atoms with van der Waals surface area (Å²) in [6, 6.07) is 23.5. The van der Waals surface area contributed by atoms with Gasteiger partial charge in [-0.1, -0.05) is 60.2 Å². The number of sulfonamides is 1. The number of amides is 1. The van der Waals surface area contributed by atoms with E-state index in [1.165, 1.54) is 22.7 Å². The number of anilines is 1. The highest BCUT2D eigenvalue weighted by molar-refractivity contribution is 7.92. The van der Waals surface area contributed by atoms with E-state index >= 15 is 0 Å². The first-order valence-corrected chi connectivity index (χ1v) is 13.1. The smallest absolute Gasteiger partial charge is 0.264 e. The summed E-state index contributed by atoms with van der Waals surface area (Å²) in [4.78, 5) is 15.5. The van der Waals surface area contributed by atoms with Crippen molar-refractivity contribution in [2.24, 2.45) is 0 Å². The molecule has 0 atom stereocenters. The van der Waals surface area contributed by atoms with Crippen LogP contribution in [0.25, 0.3) is 0 Å². The fraction of sp³-hybridized carbons (Fsp3) is 0.296. The van der Waals surface area contributed by atoms with Crippen molar-refractivity contribution in [3.05, 3.63) is 95.6 Å². The van der Waals surface area contributed by atoms with Gasteiger partial charge in [0.1, 0.15) is 6.54 Å². The molecular weight excluding hydrogens is 446 g/mol. The molecule has 3 aromatic rings. The Kier molecular flexibility index (Phi) is 7.65. The van der Waals surface area contributed by atoms with Gasteiger partial charge >= 0.3 is 0 Å². The predicted octanol–water partition coefficient (Wildman–Crippen LogP) is 4.10. The van der Waals surface area contributed by atoms with Crippen LogP contribution in [0.15, 0.2) is 83.8 Å². The van der Waals surface area contributed by atoms with Crippen LogP contribution in [0.4, 0.5) is 5.69 Å². The molecule has 34 heavy (non-hydrogen) atoms. The van der Waals surface area contributed by atoms with Crippen LogP contribution in [-0.4, -0.2) is 38.9 Å². The third-order valence-corrected chi connectivity index (χ3v) is 7.81.